The third-order valence-corrected chi connectivity index (χ3v) is 3.70. The monoisotopic (exact) mass is 225 g/mol. The summed E-state index contributed by atoms with van der Waals surface area (Å²) < 4.78 is 0. The summed E-state index contributed by atoms with van der Waals surface area (Å²) in [6.07, 6.45) is 3.83. The number of nitrogens with two attached hydrogens (primary N) is 1. The normalized spacial score (nSPS) is 28.6. The molecule has 92 valence electrons. The van der Waals surface area contributed by atoms with Crippen LogP contribution in [0.25, 0.3) is 0 Å². The van der Waals surface area contributed by atoms with E-state index < -0.39 is 0 Å². The molecule has 2 unspecified atom stereocenters. The molecule has 4 nitrogen and oxygen atoms in total. The Labute approximate surface area is 97.8 Å². The molecule has 0 saturated carbocycles. The molecular weight excluding hydrogens is 202 g/mol. The number of carbonyl (C=O) groups is 1. The van der Waals surface area contributed by atoms with Crippen molar-refractivity contribution in [3.05, 3.63) is 0 Å². The van der Waals surface area contributed by atoms with Gasteiger partial charge in [-0.3, -0.25) is 4.79 Å². The Hall–Kier alpha value is -0.610. The number of carbonyl (C=O) groups excluding carboxylic acids is 1. The first kappa shape index (κ1) is 11.9. The fourth-order valence-electron chi connectivity index (χ4n) is 2.80. The van der Waals surface area contributed by atoms with Crippen LogP contribution in [0.2, 0.25) is 0 Å². The summed E-state index contributed by atoms with van der Waals surface area (Å²) in [7, 11) is 0. The first-order chi connectivity index (χ1) is 7.66. The molecule has 2 aliphatic heterocycles. The second kappa shape index (κ2) is 5.15. The van der Waals surface area contributed by atoms with Gasteiger partial charge in [0.2, 0.25) is 5.91 Å². The van der Waals surface area contributed by atoms with E-state index in [-0.39, 0.29) is 11.9 Å². The molecule has 2 rings (SSSR count). The van der Waals surface area contributed by atoms with Crippen molar-refractivity contribution in [2.24, 2.45) is 11.7 Å². The van der Waals surface area contributed by atoms with Crippen molar-refractivity contribution in [3.63, 3.8) is 0 Å². The summed E-state index contributed by atoms with van der Waals surface area (Å²) in [5.41, 5.74) is 5.62. The molecule has 2 saturated heterocycles. The van der Waals surface area contributed by atoms with Crippen LogP contribution in [0.3, 0.4) is 0 Å². The van der Waals surface area contributed by atoms with Crippen LogP contribution in [0, 0.1) is 5.92 Å². The van der Waals surface area contributed by atoms with Crippen molar-refractivity contribution in [1.29, 1.82) is 0 Å². The lowest BCUT2D eigenvalue weighted by Crippen LogP contribution is -2.41. The van der Waals surface area contributed by atoms with Crippen LogP contribution in [-0.2, 0) is 4.79 Å². The van der Waals surface area contributed by atoms with Gasteiger partial charge in [-0.1, -0.05) is 0 Å². The van der Waals surface area contributed by atoms with Crippen molar-refractivity contribution in [2.75, 3.05) is 32.7 Å². The van der Waals surface area contributed by atoms with Crippen molar-refractivity contribution in [2.45, 2.75) is 32.2 Å². The second-order valence-electron chi connectivity index (χ2n) is 5.24. The Morgan fingerprint density at radius 1 is 1.38 bits per heavy atom. The van der Waals surface area contributed by atoms with Gasteiger partial charge in [-0.2, -0.15) is 0 Å². The maximum Gasteiger partial charge on any atom is 0.239 e. The van der Waals surface area contributed by atoms with Crippen LogP contribution in [-0.4, -0.2) is 54.5 Å². The molecule has 0 aliphatic carbocycles. The minimum atomic E-state index is -0.342. The SMILES string of the molecule is CC(N)C(=O)N1CCC(CN2CCCC2)C1. The largest absolute Gasteiger partial charge is 0.341 e. The molecule has 2 atom stereocenters. The molecule has 0 aromatic rings. The molecule has 2 fully saturated rings. The number of amides is 1. The van der Waals surface area contributed by atoms with Gasteiger partial charge in [-0.25, -0.2) is 0 Å². The summed E-state index contributed by atoms with van der Waals surface area (Å²) in [5.74, 6) is 0.782. The summed E-state index contributed by atoms with van der Waals surface area (Å²) >= 11 is 0. The van der Waals surface area contributed by atoms with Crippen molar-refractivity contribution in [3.8, 4) is 0 Å². The van der Waals surface area contributed by atoms with Crippen LogP contribution >= 0.6 is 0 Å². The number of hydrogen-bond donors (Lipinski definition) is 1. The highest BCUT2D eigenvalue weighted by molar-refractivity contribution is 5.81. The van der Waals surface area contributed by atoms with E-state index in [2.05, 4.69) is 4.90 Å². The standard InChI is InChI=1S/C12H23N3O/c1-10(13)12(16)15-7-4-11(9-15)8-14-5-2-3-6-14/h10-11H,2-9,13H2,1H3. The van der Waals surface area contributed by atoms with Crippen LogP contribution in [0.15, 0.2) is 0 Å². The third-order valence-electron chi connectivity index (χ3n) is 3.70. The summed E-state index contributed by atoms with van der Waals surface area (Å²) in [5, 5.41) is 0. The molecule has 0 aromatic carbocycles. The van der Waals surface area contributed by atoms with Gasteiger partial charge in [0, 0.05) is 19.6 Å². The number of hydrogen-bond acceptors (Lipinski definition) is 3. The van der Waals surface area contributed by atoms with Gasteiger partial charge in [-0.15, -0.1) is 0 Å². The molecule has 0 spiro atoms. The molecule has 0 aromatic heterocycles. The Morgan fingerprint density at radius 3 is 2.69 bits per heavy atom. The van der Waals surface area contributed by atoms with Gasteiger partial charge in [0.05, 0.1) is 6.04 Å². The fourth-order valence-corrected chi connectivity index (χ4v) is 2.80. The Kier molecular flexibility index (Phi) is 3.82. The number of rotatable bonds is 3. The minimum Gasteiger partial charge on any atom is -0.341 e. The topological polar surface area (TPSA) is 49.6 Å². The lowest BCUT2D eigenvalue weighted by Gasteiger charge is -2.21. The smallest absolute Gasteiger partial charge is 0.239 e. The molecule has 2 heterocycles. The van der Waals surface area contributed by atoms with Gasteiger partial charge >= 0.3 is 0 Å². The zero-order chi connectivity index (χ0) is 11.5. The first-order valence-electron chi connectivity index (χ1n) is 6.43. The molecule has 16 heavy (non-hydrogen) atoms. The maximum atomic E-state index is 11.7. The van der Waals surface area contributed by atoms with E-state index in [0.717, 1.165) is 19.5 Å². The highest BCUT2D eigenvalue weighted by atomic mass is 16.2. The van der Waals surface area contributed by atoms with Crippen molar-refractivity contribution >= 4 is 5.91 Å². The fraction of sp³-hybridized carbons (Fsp3) is 0.917. The van der Waals surface area contributed by atoms with Crippen LogP contribution in [0.4, 0.5) is 0 Å². The second-order valence-corrected chi connectivity index (χ2v) is 5.24. The Balaban J connectivity index is 1.76. The molecule has 1 amide bonds. The van der Waals surface area contributed by atoms with Crippen molar-refractivity contribution < 1.29 is 4.79 Å². The van der Waals surface area contributed by atoms with E-state index in [1.165, 1.54) is 32.5 Å². The van der Waals surface area contributed by atoms with Crippen LogP contribution in [0.1, 0.15) is 26.2 Å². The molecule has 4 heteroatoms. The zero-order valence-electron chi connectivity index (χ0n) is 10.2. The summed E-state index contributed by atoms with van der Waals surface area (Å²) in [6.45, 7) is 7.25. The van der Waals surface area contributed by atoms with E-state index in [4.69, 9.17) is 5.73 Å². The average molecular weight is 225 g/mol. The van der Waals surface area contributed by atoms with Crippen molar-refractivity contribution in [1.82, 2.24) is 9.80 Å². The van der Waals surface area contributed by atoms with E-state index >= 15 is 0 Å². The van der Waals surface area contributed by atoms with Crippen LogP contribution in [0.5, 0.6) is 0 Å². The molecule has 2 N–H and O–H groups in total. The molecular formula is C12H23N3O. The van der Waals surface area contributed by atoms with Gasteiger partial charge < -0.3 is 15.5 Å². The van der Waals surface area contributed by atoms with E-state index in [1.54, 1.807) is 6.92 Å². The predicted octanol–water partition coefficient (Wildman–Crippen LogP) is 0.278. The van der Waals surface area contributed by atoms with Gasteiger partial charge in [-0.05, 0) is 45.2 Å². The number of nitrogens with zero attached hydrogens (tertiary/aromatic N) is 2. The van der Waals surface area contributed by atoms with Crippen LogP contribution < -0.4 is 5.73 Å². The Bertz CT molecular complexity index is 249. The minimum absolute atomic E-state index is 0.115. The lowest BCUT2D eigenvalue weighted by atomic mass is 10.1. The molecule has 0 bridgehead atoms. The first-order valence-corrected chi connectivity index (χ1v) is 6.43. The average Bonchev–Trinajstić information content (AvgIpc) is 2.88. The van der Waals surface area contributed by atoms with E-state index in [0.29, 0.717) is 5.92 Å². The summed E-state index contributed by atoms with van der Waals surface area (Å²) in [6, 6.07) is -0.342. The quantitative estimate of drug-likeness (QED) is 0.750. The zero-order valence-corrected chi connectivity index (χ0v) is 10.2. The predicted molar refractivity (Wildman–Crippen MR) is 64.0 cm³/mol. The van der Waals surface area contributed by atoms with Gasteiger partial charge in [0.25, 0.3) is 0 Å². The lowest BCUT2D eigenvalue weighted by molar-refractivity contribution is -0.131. The highest BCUT2D eigenvalue weighted by Gasteiger charge is 2.29. The Morgan fingerprint density at radius 2 is 2.06 bits per heavy atom. The third kappa shape index (κ3) is 2.74. The molecule has 2 aliphatic rings. The maximum absolute atomic E-state index is 11.7. The number of likely N-dealkylation sites (tertiary alicyclic amines) is 2. The summed E-state index contributed by atoms with van der Waals surface area (Å²) in [4.78, 5) is 16.2. The van der Waals surface area contributed by atoms with Gasteiger partial charge in [0.15, 0.2) is 0 Å². The molecule has 0 radical (unpaired) electrons. The van der Waals surface area contributed by atoms with E-state index in [9.17, 15) is 4.79 Å². The van der Waals surface area contributed by atoms with E-state index in [1.807, 2.05) is 4.90 Å². The van der Waals surface area contributed by atoms with Gasteiger partial charge in [0.1, 0.15) is 0 Å². The highest BCUT2D eigenvalue weighted by Crippen LogP contribution is 2.20.